The van der Waals surface area contributed by atoms with E-state index in [1.807, 2.05) is 47.4 Å². The van der Waals surface area contributed by atoms with Gasteiger partial charge in [0.25, 0.3) is 0 Å². The molecule has 2 fully saturated rings. The second-order valence-corrected chi connectivity index (χ2v) is 7.76. The van der Waals surface area contributed by atoms with Crippen LogP contribution in [-0.4, -0.2) is 61.1 Å². The smallest absolute Gasteiger partial charge is 0.223 e. The SMILES string of the molecule is O=C(C[C@@H](c1ccccc1)c1ccc(Cl)cc1)N1CC(N2CCOCC2)C1. The number of halogens is 1. The zero-order valence-corrected chi connectivity index (χ0v) is 16.1. The molecule has 1 amide bonds. The van der Waals surface area contributed by atoms with Crippen LogP contribution in [0.1, 0.15) is 23.5 Å². The van der Waals surface area contributed by atoms with Crippen LogP contribution in [0.4, 0.5) is 0 Å². The first-order valence-corrected chi connectivity index (χ1v) is 9.98. The van der Waals surface area contributed by atoms with Gasteiger partial charge in [0.2, 0.25) is 5.91 Å². The summed E-state index contributed by atoms with van der Waals surface area (Å²) in [5, 5.41) is 0.716. The van der Waals surface area contributed by atoms with Crippen molar-refractivity contribution in [2.75, 3.05) is 39.4 Å². The molecule has 0 bridgehead atoms. The van der Waals surface area contributed by atoms with Gasteiger partial charge in [-0.05, 0) is 23.3 Å². The molecule has 0 aromatic heterocycles. The number of carbonyl (C=O) groups is 1. The molecule has 1 atom stereocenters. The minimum absolute atomic E-state index is 0.0541. The number of nitrogens with zero attached hydrogens (tertiary/aromatic N) is 2. The van der Waals surface area contributed by atoms with Gasteiger partial charge in [-0.2, -0.15) is 0 Å². The summed E-state index contributed by atoms with van der Waals surface area (Å²) in [5.41, 5.74) is 2.29. The molecule has 2 aromatic rings. The zero-order chi connectivity index (χ0) is 18.6. The Morgan fingerprint density at radius 3 is 2.30 bits per heavy atom. The lowest BCUT2D eigenvalue weighted by Crippen LogP contribution is -2.62. The van der Waals surface area contributed by atoms with Crippen LogP contribution in [0, 0.1) is 0 Å². The summed E-state index contributed by atoms with van der Waals surface area (Å²) >= 11 is 6.05. The van der Waals surface area contributed by atoms with Crippen LogP contribution >= 0.6 is 11.6 Å². The van der Waals surface area contributed by atoms with E-state index in [2.05, 4.69) is 17.0 Å². The highest BCUT2D eigenvalue weighted by Gasteiger charge is 2.36. The average Bonchev–Trinajstić information content (AvgIpc) is 2.67. The van der Waals surface area contributed by atoms with Crippen molar-refractivity contribution in [3.8, 4) is 0 Å². The van der Waals surface area contributed by atoms with Gasteiger partial charge in [-0.3, -0.25) is 9.69 Å². The molecule has 2 aliphatic heterocycles. The number of hydrogen-bond acceptors (Lipinski definition) is 3. The van der Waals surface area contributed by atoms with Crippen LogP contribution in [0.3, 0.4) is 0 Å². The van der Waals surface area contributed by atoms with E-state index in [0.29, 0.717) is 17.5 Å². The summed E-state index contributed by atoms with van der Waals surface area (Å²) in [5.74, 6) is 0.279. The Morgan fingerprint density at radius 1 is 1.00 bits per heavy atom. The summed E-state index contributed by atoms with van der Waals surface area (Å²) in [6.45, 7) is 5.23. The molecule has 2 saturated heterocycles. The summed E-state index contributed by atoms with van der Waals surface area (Å²) in [7, 11) is 0. The highest BCUT2D eigenvalue weighted by molar-refractivity contribution is 6.30. The van der Waals surface area contributed by atoms with E-state index in [4.69, 9.17) is 16.3 Å². The Labute approximate surface area is 165 Å². The first-order valence-electron chi connectivity index (χ1n) is 9.60. The normalized spacial score (nSPS) is 19.5. The van der Waals surface area contributed by atoms with Crippen molar-refractivity contribution in [1.29, 1.82) is 0 Å². The van der Waals surface area contributed by atoms with Crippen LogP contribution in [0.2, 0.25) is 5.02 Å². The van der Waals surface area contributed by atoms with Crippen molar-refractivity contribution in [2.45, 2.75) is 18.4 Å². The predicted molar refractivity (Wildman–Crippen MR) is 107 cm³/mol. The Morgan fingerprint density at radius 2 is 1.63 bits per heavy atom. The van der Waals surface area contributed by atoms with Gasteiger partial charge in [0.1, 0.15) is 0 Å². The van der Waals surface area contributed by atoms with Crippen molar-refractivity contribution in [2.24, 2.45) is 0 Å². The van der Waals surface area contributed by atoms with Gasteiger partial charge in [0, 0.05) is 49.6 Å². The van der Waals surface area contributed by atoms with Gasteiger partial charge in [-0.25, -0.2) is 0 Å². The fraction of sp³-hybridized carbons (Fsp3) is 0.409. The molecule has 5 heteroatoms. The molecule has 0 radical (unpaired) electrons. The minimum atomic E-state index is 0.0541. The Hall–Kier alpha value is -1.88. The number of amides is 1. The van der Waals surface area contributed by atoms with Crippen molar-refractivity contribution < 1.29 is 9.53 Å². The third kappa shape index (κ3) is 4.34. The third-order valence-electron chi connectivity index (χ3n) is 5.63. The first kappa shape index (κ1) is 18.5. The summed E-state index contributed by atoms with van der Waals surface area (Å²) in [6, 6.07) is 18.6. The van der Waals surface area contributed by atoms with Crippen LogP contribution in [0.25, 0.3) is 0 Å². The Balaban J connectivity index is 1.42. The molecule has 0 spiro atoms. The third-order valence-corrected chi connectivity index (χ3v) is 5.88. The number of carbonyl (C=O) groups excluding carboxylic acids is 1. The van der Waals surface area contributed by atoms with Gasteiger partial charge >= 0.3 is 0 Å². The van der Waals surface area contributed by atoms with Crippen molar-refractivity contribution in [1.82, 2.24) is 9.80 Å². The van der Waals surface area contributed by atoms with E-state index in [1.54, 1.807) is 0 Å². The van der Waals surface area contributed by atoms with Crippen LogP contribution in [0.15, 0.2) is 54.6 Å². The van der Waals surface area contributed by atoms with Crippen LogP contribution in [0.5, 0.6) is 0 Å². The maximum atomic E-state index is 12.9. The number of rotatable bonds is 5. The molecular weight excluding hydrogens is 360 g/mol. The monoisotopic (exact) mass is 384 g/mol. The maximum absolute atomic E-state index is 12.9. The number of ether oxygens (including phenoxy) is 1. The number of morpholine rings is 1. The average molecular weight is 385 g/mol. The second-order valence-electron chi connectivity index (χ2n) is 7.32. The standard InChI is InChI=1S/C22H25ClN2O2/c23-19-8-6-18(7-9-19)21(17-4-2-1-3-5-17)14-22(26)25-15-20(16-25)24-10-12-27-13-11-24/h1-9,20-21H,10-16H2/t21-/m0/s1. The Kier molecular flexibility index (Phi) is 5.77. The molecule has 2 aromatic carbocycles. The van der Waals surface area contributed by atoms with E-state index in [0.717, 1.165) is 45.0 Å². The minimum Gasteiger partial charge on any atom is -0.379 e. The molecule has 2 heterocycles. The van der Waals surface area contributed by atoms with Gasteiger partial charge in [-0.1, -0.05) is 54.1 Å². The van der Waals surface area contributed by atoms with Gasteiger partial charge in [0.05, 0.1) is 13.2 Å². The molecule has 0 unspecified atom stereocenters. The van der Waals surface area contributed by atoms with E-state index in [9.17, 15) is 4.79 Å². The number of benzene rings is 2. The molecule has 0 saturated carbocycles. The van der Waals surface area contributed by atoms with Crippen molar-refractivity contribution in [3.05, 3.63) is 70.7 Å². The highest BCUT2D eigenvalue weighted by atomic mass is 35.5. The zero-order valence-electron chi connectivity index (χ0n) is 15.4. The van der Waals surface area contributed by atoms with E-state index in [-0.39, 0.29) is 11.8 Å². The lowest BCUT2D eigenvalue weighted by Gasteiger charge is -2.46. The highest BCUT2D eigenvalue weighted by Crippen LogP contribution is 2.30. The summed E-state index contributed by atoms with van der Waals surface area (Å²) in [6.07, 6.45) is 0.488. The van der Waals surface area contributed by atoms with Crippen LogP contribution < -0.4 is 0 Å². The summed E-state index contributed by atoms with van der Waals surface area (Å²) in [4.78, 5) is 17.4. The Bertz CT molecular complexity index is 754. The molecule has 0 aliphatic carbocycles. The van der Waals surface area contributed by atoms with Gasteiger partial charge < -0.3 is 9.64 Å². The van der Waals surface area contributed by atoms with Crippen molar-refractivity contribution >= 4 is 17.5 Å². The lowest BCUT2D eigenvalue weighted by atomic mass is 9.87. The molecule has 2 aliphatic rings. The molecular formula is C22H25ClN2O2. The first-order chi connectivity index (χ1) is 13.2. The second kappa shape index (κ2) is 8.42. The predicted octanol–water partition coefficient (Wildman–Crippen LogP) is 3.41. The summed E-state index contributed by atoms with van der Waals surface area (Å²) < 4.78 is 5.42. The molecule has 4 rings (SSSR count). The lowest BCUT2D eigenvalue weighted by molar-refractivity contribution is -0.140. The quantitative estimate of drug-likeness (QED) is 0.792. The molecule has 142 valence electrons. The largest absolute Gasteiger partial charge is 0.379 e. The molecule has 27 heavy (non-hydrogen) atoms. The van der Waals surface area contributed by atoms with E-state index in [1.165, 1.54) is 5.56 Å². The molecule has 0 N–H and O–H groups in total. The van der Waals surface area contributed by atoms with Crippen LogP contribution in [-0.2, 0) is 9.53 Å². The number of hydrogen-bond donors (Lipinski definition) is 0. The number of likely N-dealkylation sites (tertiary alicyclic amines) is 1. The van der Waals surface area contributed by atoms with Crippen molar-refractivity contribution in [3.63, 3.8) is 0 Å². The van der Waals surface area contributed by atoms with Gasteiger partial charge in [-0.15, -0.1) is 0 Å². The maximum Gasteiger partial charge on any atom is 0.223 e. The van der Waals surface area contributed by atoms with E-state index >= 15 is 0 Å². The van der Waals surface area contributed by atoms with Gasteiger partial charge in [0.15, 0.2) is 0 Å². The molecule has 4 nitrogen and oxygen atoms in total. The fourth-order valence-corrected chi connectivity index (χ4v) is 4.07. The topological polar surface area (TPSA) is 32.8 Å². The van der Waals surface area contributed by atoms with E-state index < -0.39 is 0 Å². The fourth-order valence-electron chi connectivity index (χ4n) is 3.94.